The molecule has 0 aromatic heterocycles. The highest BCUT2D eigenvalue weighted by Gasteiger charge is 2.23. The maximum Gasteiger partial charge on any atom is 0.220 e. The Morgan fingerprint density at radius 3 is 2.46 bits per heavy atom. The molecule has 0 bridgehead atoms. The Labute approximate surface area is 80.1 Å². The lowest BCUT2D eigenvalue weighted by Gasteiger charge is -2.26. The summed E-state index contributed by atoms with van der Waals surface area (Å²) in [6, 6.07) is 0. The predicted molar refractivity (Wildman–Crippen MR) is 53.2 cm³/mol. The minimum absolute atomic E-state index is 0.109. The lowest BCUT2D eigenvalue weighted by atomic mass is 9.82. The first-order valence-electron chi connectivity index (χ1n) is 5.24. The normalized spacial score (nSPS) is 28.7. The third-order valence-corrected chi connectivity index (χ3v) is 2.93. The summed E-state index contributed by atoms with van der Waals surface area (Å²) in [6.45, 7) is 4.26. The van der Waals surface area contributed by atoms with E-state index in [0.29, 0.717) is 0 Å². The third kappa shape index (κ3) is 3.35. The molecule has 0 aliphatic heterocycles. The Balaban J connectivity index is 2.18. The highest BCUT2D eigenvalue weighted by molar-refractivity contribution is 5.76. The molecule has 1 saturated carbocycles. The summed E-state index contributed by atoms with van der Waals surface area (Å²) < 4.78 is 0. The molecule has 0 radical (unpaired) electrons. The maximum atomic E-state index is 10.9. The molecule has 13 heavy (non-hydrogen) atoms. The van der Waals surface area contributed by atoms with Crippen molar-refractivity contribution in [1.82, 2.24) is 5.32 Å². The Morgan fingerprint density at radius 2 is 2.00 bits per heavy atom. The van der Waals surface area contributed by atoms with Crippen LogP contribution in [0.3, 0.4) is 0 Å². The lowest BCUT2D eigenvalue weighted by molar-refractivity contribution is -0.122. The Bertz CT molecular complexity index is 162. The number of nitrogens with one attached hydrogen (secondary N) is 1. The van der Waals surface area contributed by atoms with Crippen LogP contribution >= 0.6 is 0 Å². The van der Waals surface area contributed by atoms with E-state index in [0.717, 1.165) is 44.7 Å². The molecular formula is C10H20N2O. The second-order valence-corrected chi connectivity index (χ2v) is 3.93. The van der Waals surface area contributed by atoms with E-state index in [-0.39, 0.29) is 11.8 Å². The van der Waals surface area contributed by atoms with Crippen molar-refractivity contribution >= 4 is 5.91 Å². The summed E-state index contributed by atoms with van der Waals surface area (Å²) in [5.74, 6) is 0.801. The highest BCUT2D eigenvalue weighted by Crippen LogP contribution is 2.27. The van der Waals surface area contributed by atoms with Gasteiger partial charge in [-0.1, -0.05) is 6.92 Å². The maximum absolute atomic E-state index is 10.9. The average Bonchev–Trinajstić information content (AvgIpc) is 2.15. The first kappa shape index (κ1) is 10.5. The summed E-state index contributed by atoms with van der Waals surface area (Å²) in [4.78, 5) is 10.9. The molecule has 0 aromatic carbocycles. The quantitative estimate of drug-likeness (QED) is 0.681. The average molecular weight is 184 g/mol. The van der Waals surface area contributed by atoms with Crippen molar-refractivity contribution in [3.63, 3.8) is 0 Å². The van der Waals surface area contributed by atoms with Gasteiger partial charge in [-0.25, -0.2) is 0 Å². The van der Waals surface area contributed by atoms with Crippen LogP contribution in [0.2, 0.25) is 0 Å². The van der Waals surface area contributed by atoms with Gasteiger partial charge in [0.1, 0.15) is 0 Å². The van der Waals surface area contributed by atoms with Crippen LogP contribution in [-0.4, -0.2) is 19.0 Å². The van der Waals surface area contributed by atoms with Gasteiger partial charge in [-0.15, -0.1) is 0 Å². The Morgan fingerprint density at radius 1 is 1.38 bits per heavy atom. The van der Waals surface area contributed by atoms with Crippen LogP contribution in [-0.2, 0) is 4.79 Å². The van der Waals surface area contributed by atoms with Gasteiger partial charge in [0, 0.05) is 5.92 Å². The number of nitrogens with two attached hydrogens (primary N) is 1. The van der Waals surface area contributed by atoms with Crippen LogP contribution in [0, 0.1) is 11.8 Å². The van der Waals surface area contributed by atoms with Crippen LogP contribution in [0.5, 0.6) is 0 Å². The van der Waals surface area contributed by atoms with Crippen LogP contribution < -0.4 is 11.1 Å². The Kier molecular flexibility index (Phi) is 4.22. The third-order valence-electron chi connectivity index (χ3n) is 2.93. The fraction of sp³-hybridized carbons (Fsp3) is 0.900. The number of carbonyl (C=O) groups is 1. The van der Waals surface area contributed by atoms with Gasteiger partial charge in [-0.05, 0) is 44.7 Å². The molecule has 1 aliphatic carbocycles. The molecule has 76 valence electrons. The van der Waals surface area contributed by atoms with Crippen molar-refractivity contribution in [2.45, 2.75) is 32.6 Å². The number of primary amides is 1. The van der Waals surface area contributed by atoms with E-state index in [1.807, 2.05) is 0 Å². The van der Waals surface area contributed by atoms with E-state index >= 15 is 0 Å². The molecule has 3 nitrogen and oxygen atoms in total. The summed E-state index contributed by atoms with van der Waals surface area (Å²) in [7, 11) is 0. The smallest absolute Gasteiger partial charge is 0.220 e. The number of rotatable bonds is 4. The highest BCUT2D eigenvalue weighted by atomic mass is 16.1. The number of hydrogen-bond donors (Lipinski definition) is 2. The number of amides is 1. The number of hydrogen-bond acceptors (Lipinski definition) is 2. The van der Waals surface area contributed by atoms with Crippen molar-refractivity contribution in [3.05, 3.63) is 0 Å². The molecule has 0 unspecified atom stereocenters. The van der Waals surface area contributed by atoms with E-state index in [9.17, 15) is 4.79 Å². The van der Waals surface area contributed by atoms with E-state index in [1.165, 1.54) is 0 Å². The van der Waals surface area contributed by atoms with Gasteiger partial charge in [0.05, 0.1) is 0 Å². The summed E-state index contributed by atoms with van der Waals surface area (Å²) in [5.41, 5.74) is 5.26. The molecule has 1 rings (SSSR count). The molecule has 1 fully saturated rings. The molecule has 0 saturated heterocycles. The molecule has 0 spiro atoms. The van der Waals surface area contributed by atoms with Crippen molar-refractivity contribution in [2.24, 2.45) is 17.6 Å². The minimum Gasteiger partial charge on any atom is -0.369 e. The van der Waals surface area contributed by atoms with E-state index in [2.05, 4.69) is 12.2 Å². The van der Waals surface area contributed by atoms with E-state index in [1.54, 1.807) is 0 Å². The molecule has 0 aromatic rings. The van der Waals surface area contributed by atoms with Gasteiger partial charge in [-0.2, -0.15) is 0 Å². The monoisotopic (exact) mass is 184 g/mol. The number of carbonyl (C=O) groups excluding carboxylic acids is 1. The zero-order valence-electron chi connectivity index (χ0n) is 8.38. The van der Waals surface area contributed by atoms with Crippen molar-refractivity contribution in [3.8, 4) is 0 Å². The van der Waals surface area contributed by atoms with Crippen LogP contribution in [0.4, 0.5) is 0 Å². The first-order valence-corrected chi connectivity index (χ1v) is 5.24. The van der Waals surface area contributed by atoms with Crippen LogP contribution in [0.15, 0.2) is 0 Å². The van der Waals surface area contributed by atoms with E-state index in [4.69, 9.17) is 5.73 Å². The molecule has 1 aliphatic rings. The van der Waals surface area contributed by atoms with Crippen LogP contribution in [0.25, 0.3) is 0 Å². The standard InChI is InChI=1S/C10H20N2O/c1-2-12-7-8-3-5-9(6-4-8)10(11)13/h8-9,12H,2-7H2,1H3,(H2,11,13)/t8-,9-. The van der Waals surface area contributed by atoms with Gasteiger partial charge in [-0.3, -0.25) is 4.79 Å². The van der Waals surface area contributed by atoms with Gasteiger partial charge in [0.25, 0.3) is 0 Å². The first-order chi connectivity index (χ1) is 6.24. The topological polar surface area (TPSA) is 55.1 Å². The van der Waals surface area contributed by atoms with Crippen LogP contribution in [0.1, 0.15) is 32.6 Å². The van der Waals surface area contributed by atoms with Gasteiger partial charge >= 0.3 is 0 Å². The fourth-order valence-electron chi connectivity index (χ4n) is 2.00. The minimum atomic E-state index is -0.109. The second-order valence-electron chi connectivity index (χ2n) is 3.93. The van der Waals surface area contributed by atoms with E-state index < -0.39 is 0 Å². The SMILES string of the molecule is CCNC[C@H]1CC[C@H](C(N)=O)CC1. The van der Waals surface area contributed by atoms with Gasteiger partial charge in [0.2, 0.25) is 5.91 Å². The largest absolute Gasteiger partial charge is 0.369 e. The van der Waals surface area contributed by atoms with Crippen molar-refractivity contribution in [2.75, 3.05) is 13.1 Å². The molecule has 0 atom stereocenters. The molecular weight excluding hydrogens is 164 g/mol. The zero-order chi connectivity index (χ0) is 9.68. The predicted octanol–water partition coefficient (Wildman–Crippen LogP) is 0.888. The molecule has 1 amide bonds. The summed E-state index contributed by atoms with van der Waals surface area (Å²) in [5, 5.41) is 3.35. The zero-order valence-corrected chi connectivity index (χ0v) is 8.38. The molecule has 0 heterocycles. The summed E-state index contributed by atoms with van der Waals surface area (Å²) >= 11 is 0. The van der Waals surface area contributed by atoms with Crippen molar-refractivity contribution < 1.29 is 4.79 Å². The summed E-state index contributed by atoms with van der Waals surface area (Å²) in [6.07, 6.45) is 4.29. The fourth-order valence-corrected chi connectivity index (χ4v) is 2.00. The lowest BCUT2D eigenvalue weighted by Crippen LogP contribution is -2.31. The molecule has 3 heteroatoms. The second kappa shape index (κ2) is 5.22. The van der Waals surface area contributed by atoms with Gasteiger partial charge in [0.15, 0.2) is 0 Å². The Hall–Kier alpha value is -0.570. The molecule has 3 N–H and O–H groups in total. The van der Waals surface area contributed by atoms with Crippen molar-refractivity contribution in [1.29, 1.82) is 0 Å². The van der Waals surface area contributed by atoms with Gasteiger partial charge < -0.3 is 11.1 Å².